The van der Waals surface area contributed by atoms with E-state index < -0.39 is 0 Å². The van der Waals surface area contributed by atoms with Gasteiger partial charge in [-0.25, -0.2) is 0 Å². The lowest BCUT2D eigenvalue weighted by Crippen LogP contribution is -2.26. The van der Waals surface area contributed by atoms with Gasteiger partial charge >= 0.3 is 0 Å². The highest BCUT2D eigenvalue weighted by Gasteiger charge is 1.97. The zero-order valence-electron chi connectivity index (χ0n) is 3.92. The Morgan fingerprint density at radius 1 is 1.86 bits per heavy atom. The van der Waals surface area contributed by atoms with Crippen LogP contribution in [0.5, 0.6) is 0 Å². The second-order valence-corrected chi connectivity index (χ2v) is 1.19. The Bertz CT molecular complexity index is 81.8. The van der Waals surface area contributed by atoms with Gasteiger partial charge in [0.15, 0.2) is 0 Å². The van der Waals surface area contributed by atoms with Crippen molar-refractivity contribution in [1.82, 2.24) is 10.6 Å². The van der Waals surface area contributed by atoms with Gasteiger partial charge in [-0.15, -0.1) is 0 Å². The van der Waals surface area contributed by atoms with E-state index in [0.29, 0.717) is 6.54 Å². The molecule has 0 bridgehead atoms. The Labute approximate surface area is 42.5 Å². The first-order chi connectivity index (χ1) is 3.43. The van der Waals surface area contributed by atoms with Crippen LogP contribution >= 0.6 is 0 Å². The van der Waals surface area contributed by atoms with Crippen molar-refractivity contribution >= 4 is 0 Å². The summed E-state index contributed by atoms with van der Waals surface area (Å²) in [6.45, 7) is 4.28. The SMILES string of the molecule is [CH2]CN1C=CON1. The standard InChI is InChI=1S/C4H7N2O/c1-2-6-3-4-7-5-6/h3-5H,1-2H2. The molecule has 1 heterocycles. The average molecular weight is 99.1 g/mol. The summed E-state index contributed by atoms with van der Waals surface area (Å²) in [4.78, 5) is 4.60. The van der Waals surface area contributed by atoms with Crippen molar-refractivity contribution in [3.05, 3.63) is 19.4 Å². The minimum absolute atomic E-state index is 0.677. The van der Waals surface area contributed by atoms with E-state index in [1.54, 1.807) is 17.5 Å². The summed E-state index contributed by atoms with van der Waals surface area (Å²) < 4.78 is 0. The predicted octanol–water partition coefficient (Wildman–Crippen LogP) is 0.0435. The molecule has 0 aromatic rings. The van der Waals surface area contributed by atoms with Crippen LogP contribution in [0.3, 0.4) is 0 Å². The molecule has 3 nitrogen and oxygen atoms in total. The zero-order valence-corrected chi connectivity index (χ0v) is 3.92. The first kappa shape index (κ1) is 4.46. The summed E-state index contributed by atoms with van der Waals surface area (Å²) in [6.07, 6.45) is 3.33. The van der Waals surface area contributed by atoms with Gasteiger partial charge in [-0.05, 0) is 6.92 Å². The quantitative estimate of drug-likeness (QED) is 0.502. The van der Waals surface area contributed by atoms with Crippen molar-refractivity contribution in [3.8, 4) is 0 Å². The predicted molar refractivity (Wildman–Crippen MR) is 25.4 cm³/mol. The van der Waals surface area contributed by atoms with Crippen LogP contribution < -0.4 is 5.59 Å². The maximum Gasteiger partial charge on any atom is 0.131 e. The Kier molecular flexibility index (Phi) is 1.17. The molecule has 0 atom stereocenters. The van der Waals surface area contributed by atoms with Gasteiger partial charge in [0.2, 0.25) is 0 Å². The molecule has 0 aliphatic carbocycles. The third kappa shape index (κ3) is 0.838. The fourth-order valence-corrected chi connectivity index (χ4v) is 0.353. The fraction of sp³-hybridized carbons (Fsp3) is 0.250. The molecule has 0 spiro atoms. The summed E-state index contributed by atoms with van der Waals surface area (Å²) in [7, 11) is 0. The van der Waals surface area contributed by atoms with Crippen molar-refractivity contribution in [1.29, 1.82) is 0 Å². The number of hydrogen-bond donors (Lipinski definition) is 1. The maximum absolute atomic E-state index is 4.60. The molecule has 0 fully saturated rings. The molecule has 0 aromatic heterocycles. The highest BCUT2D eigenvalue weighted by Crippen LogP contribution is 1.90. The smallest absolute Gasteiger partial charge is 0.131 e. The lowest BCUT2D eigenvalue weighted by Gasteiger charge is -2.08. The molecule has 1 radical (unpaired) electrons. The highest BCUT2D eigenvalue weighted by atomic mass is 16.7. The van der Waals surface area contributed by atoms with Crippen molar-refractivity contribution in [2.75, 3.05) is 6.54 Å². The van der Waals surface area contributed by atoms with Crippen molar-refractivity contribution < 1.29 is 4.84 Å². The highest BCUT2D eigenvalue weighted by molar-refractivity contribution is 4.75. The van der Waals surface area contributed by atoms with Crippen molar-refractivity contribution in [2.24, 2.45) is 0 Å². The van der Waals surface area contributed by atoms with E-state index in [-0.39, 0.29) is 0 Å². The molecule has 1 aliphatic rings. The lowest BCUT2D eigenvalue weighted by atomic mass is 10.7. The van der Waals surface area contributed by atoms with E-state index in [0.717, 1.165) is 0 Å². The minimum Gasteiger partial charge on any atom is -0.395 e. The van der Waals surface area contributed by atoms with E-state index in [1.807, 2.05) is 0 Å². The second-order valence-electron chi connectivity index (χ2n) is 1.19. The lowest BCUT2D eigenvalue weighted by molar-refractivity contribution is 0.0428. The number of rotatable bonds is 1. The second kappa shape index (κ2) is 1.84. The molecular weight excluding hydrogens is 92.1 g/mol. The third-order valence-corrected chi connectivity index (χ3v) is 0.720. The molecule has 0 unspecified atom stereocenters. The molecular formula is C4H7N2O. The van der Waals surface area contributed by atoms with Crippen LogP contribution in [0.1, 0.15) is 0 Å². The molecule has 0 saturated heterocycles. The van der Waals surface area contributed by atoms with Crippen LogP contribution in [0.15, 0.2) is 12.5 Å². The van der Waals surface area contributed by atoms with Gasteiger partial charge < -0.3 is 4.84 Å². The molecule has 0 amide bonds. The van der Waals surface area contributed by atoms with E-state index in [9.17, 15) is 0 Å². The molecule has 0 saturated carbocycles. The Morgan fingerprint density at radius 3 is 3.00 bits per heavy atom. The fourth-order valence-electron chi connectivity index (χ4n) is 0.353. The van der Waals surface area contributed by atoms with Crippen LogP contribution in [0.4, 0.5) is 0 Å². The number of hydrazine groups is 1. The number of hydrogen-bond acceptors (Lipinski definition) is 3. The van der Waals surface area contributed by atoms with Gasteiger partial charge in [-0.3, -0.25) is 5.01 Å². The maximum atomic E-state index is 4.60. The van der Waals surface area contributed by atoms with Crippen LogP contribution in [-0.4, -0.2) is 11.6 Å². The summed E-state index contributed by atoms with van der Waals surface area (Å²) in [5.74, 6) is 0. The van der Waals surface area contributed by atoms with E-state index in [4.69, 9.17) is 0 Å². The van der Waals surface area contributed by atoms with Gasteiger partial charge in [0.25, 0.3) is 0 Å². The first-order valence-corrected chi connectivity index (χ1v) is 2.07. The van der Waals surface area contributed by atoms with Crippen LogP contribution in [0.2, 0.25) is 0 Å². The van der Waals surface area contributed by atoms with Crippen LogP contribution in [0, 0.1) is 6.92 Å². The Hall–Kier alpha value is -0.700. The summed E-state index contributed by atoms with van der Waals surface area (Å²) >= 11 is 0. The van der Waals surface area contributed by atoms with Crippen LogP contribution in [-0.2, 0) is 4.84 Å². The van der Waals surface area contributed by atoms with Gasteiger partial charge in [0, 0.05) is 6.54 Å². The number of nitrogens with zero attached hydrogens (tertiary/aromatic N) is 1. The van der Waals surface area contributed by atoms with E-state index in [1.165, 1.54) is 0 Å². The Balaban J connectivity index is 2.28. The van der Waals surface area contributed by atoms with Crippen molar-refractivity contribution in [2.45, 2.75) is 0 Å². The summed E-state index contributed by atoms with van der Waals surface area (Å²) in [5.41, 5.74) is 2.57. The molecule has 3 heteroatoms. The monoisotopic (exact) mass is 99.1 g/mol. The molecule has 7 heavy (non-hydrogen) atoms. The molecule has 1 aliphatic heterocycles. The number of nitrogens with one attached hydrogen (secondary N) is 1. The normalized spacial score (nSPS) is 17.6. The average Bonchev–Trinajstić information content (AvgIpc) is 2.14. The van der Waals surface area contributed by atoms with Crippen molar-refractivity contribution in [3.63, 3.8) is 0 Å². The molecule has 1 rings (SSSR count). The van der Waals surface area contributed by atoms with Gasteiger partial charge in [0.1, 0.15) is 6.26 Å². The molecule has 1 N–H and O–H groups in total. The van der Waals surface area contributed by atoms with Gasteiger partial charge in [-0.2, -0.15) is 0 Å². The molecule has 0 aromatic carbocycles. The zero-order chi connectivity index (χ0) is 5.11. The van der Waals surface area contributed by atoms with E-state index in [2.05, 4.69) is 17.4 Å². The van der Waals surface area contributed by atoms with Gasteiger partial charge in [-0.1, -0.05) is 5.59 Å². The molecule has 39 valence electrons. The third-order valence-electron chi connectivity index (χ3n) is 0.720. The Morgan fingerprint density at radius 2 is 2.71 bits per heavy atom. The van der Waals surface area contributed by atoms with Crippen LogP contribution in [0.25, 0.3) is 0 Å². The summed E-state index contributed by atoms with van der Waals surface area (Å²) in [6, 6.07) is 0. The first-order valence-electron chi connectivity index (χ1n) is 2.07. The topological polar surface area (TPSA) is 24.5 Å². The summed E-state index contributed by atoms with van der Waals surface area (Å²) in [5, 5.41) is 1.72. The minimum atomic E-state index is 0.677. The largest absolute Gasteiger partial charge is 0.395 e. The van der Waals surface area contributed by atoms with Gasteiger partial charge in [0.05, 0.1) is 6.20 Å². The van der Waals surface area contributed by atoms with E-state index >= 15 is 0 Å².